The van der Waals surface area contributed by atoms with Crippen LogP contribution in [0.1, 0.15) is 78.0 Å². The predicted octanol–water partition coefficient (Wildman–Crippen LogP) is 12.4. The van der Waals surface area contributed by atoms with E-state index in [9.17, 15) is 19.2 Å². The third-order valence-corrected chi connectivity index (χ3v) is 16.9. The SMILES string of the molecule is COc1cccc(C)c1-c1c2nc(c(-c3c(NC(=O)C4CCOC4)cccc3NC(=O)C3CCCO3)c3ccc([nH]3)c(-c3c(C)cccc3C)c3nc(c(-c4c(NC(=O)C5CCOC5)cccc4NC(=O)C4CCCO4)c4ccc1[nH]4)C=C3)C=C2. The molecule has 4 atom stereocenters. The van der Waals surface area contributed by atoms with E-state index in [-0.39, 0.29) is 35.5 Å². The lowest BCUT2D eigenvalue weighted by atomic mass is 9.94. The van der Waals surface area contributed by atoms with Crippen LogP contribution in [-0.2, 0) is 38.1 Å². The van der Waals surface area contributed by atoms with Gasteiger partial charge in [-0.25, -0.2) is 9.97 Å². The smallest absolute Gasteiger partial charge is 0.253 e. The first-order valence-corrected chi connectivity index (χ1v) is 29.2. The Hall–Kier alpha value is -9.00. The Bertz CT molecular complexity index is 3860. The van der Waals surface area contributed by atoms with Gasteiger partial charge in [0.1, 0.15) is 18.0 Å². The molecule has 17 heteroatoms. The maximum Gasteiger partial charge on any atom is 0.253 e. The van der Waals surface area contributed by atoms with E-state index in [0.717, 1.165) is 51.7 Å². The molecule has 6 aliphatic heterocycles. The van der Waals surface area contributed by atoms with Crippen molar-refractivity contribution in [2.75, 3.05) is 68.0 Å². The highest BCUT2D eigenvalue weighted by Crippen LogP contribution is 2.47. The van der Waals surface area contributed by atoms with Crippen LogP contribution in [0.25, 0.3) is 90.9 Å². The van der Waals surface area contributed by atoms with Crippen molar-refractivity contribution >= 4 is 92.7 Å². The van der Waals surface area contributed by atoms with E-state index in [2.05, 4.69) is 57.2 Å². The molecule has 7 aromatic rings. The topological polar surface area (TPSA) is 220 Å². The van der Waals surface area contributed by atoms with E-state index in [1.54, 1.807) is 7.11 Å². The molecule has 0 spiro atoms. The van der Waals surface area contributed by atoms with Crippen molar-refractivity contribution in [1.82, 2.24) is 19.9 Å². The van der Waals surface area contributed by atoms with Gasteiger partial charge in [0.25, 0.3) is 11.8 Å². The minimum absolute atomic E-state index is 0.200. The summed E-state index contributed by atoms with van der Waals surface area (Å²) in [6.07, 6.45) is 10.4. The maximum atomic E-state index is 14.3. The second-order valence-corrected chi connectivity index (χ2v) is 22.5. The molecule has 432 valence electrons. The molecule has 3 aromatic heterocycles. The minimum atomic E-state index is -0.651. The number of rotatable bonds is 13. The molecule has 0 saturated carbocycles. The summed E-state index contributed by atoms with van der Waals surface area (Å²) in [5.41, 5.74) is 15.2. The number of benzene rings is 4. The summed E-state index contributed by atoms with van der Waals surface area (Å²) in [7, 11) is 1.64. The average Bonchev–Trinajstić information content (AvgIpc) is 3.11. The maximum absolute atomic E-state index is 14.3. The zero-order valence-corrected chi connectivity index (χ0v) is 47.9. The van der Waals surface area contributed by atoms with Gasteiger partial charge in [-0.2, -0.15) is 0 Å². The van der Waals surface area contributed by atoms with Crippen molar-refractivity contribution in [1.29, 1.82) is 0 Å². The Labute approximate surface area is 491 Å². The molecule has 17 nitrogen and oxygen atoms in total. The molecule has 6 aliphatic rings. The molecular weight excluding hydrogens is 1070 g/mol. The highest BCUT2D eigenvalue weighted by atomic mass is 16.5. The van der Waals surface area contributed by atoms with Crippen molar-refractivity contribution in [3.05, 3.63) is 137 Å². The lowest BCUT2D eigenvalue weighted by Crippen LogP contribution is -2.27. The number of carbonyl (C=O) groups is 4. The van der Waals surface area contributed by atoms with Crippen LogP contribution in [0.2, 0.25) is 0 Å². The number of hydrogen-bond acceptors (Lipinski definition) is 11. The number of H-pyrrole nitrogens is 2. The molecular formula is C68H66N8O9. The van der Waals surface area contributed by atoms with Gasteiger partial charge in [0.15, 0.2) is 0 Å². The van der Waals surface area contributed by atoms with Crippen LogP contribution in [-0.4, -0.2) is 103 Å². The second-order valence-electron chi connectivity index (χ2n) is 22.5. The van der Waals surface area contributed by atoms with Gasteiger partial charge in [-0.3, -0.25) is 19.2 Å². The Kier molecular flexibility index (Phi) is 15.3. The zero-order chi connectivity index (χ0) is 58.3. The van der Waals surface area contributed by atoms with Crippen LogP contribution in [0.5, 0.6) is 5.75 Å². The summed E-state index contributed by atoms with van der Waals surface area (Å²) in [6, 6.07) is 31.2. The molecule has 85 heavy (non-hydrogen) atoms. The molecule has 4 aromatic carbocycles. The summed E-state index contributed by atoms with van der Waals surface area (Å²) >= 11 is 0. The fourth-order valence-corrected chi connectivity index (χ4v) is 12.6. The van der Waals surface area contributed by atoms with Crippen LogP contribution in [0, 0.1) is 32.6 Å². The molecule has 9 heterocycles. The monoisotopic (exact) mass is 1140 g/mol. The first-order valence-electron chi connectivity index (χ1n) is 29.2. The van der Waals surface area contributed by atoms with Gasteiger partial charge in [-0.1, -0.05) is 42.5 Å². The Balaban J connectivity index is 1.16. The minimum Gasteiger partial charge on any atom is -0.496 e. The number of hydrogen-bond donors (Lipinski definition) is 6. The van der Waals surface area contributed by atoms with Crippen LogP contribution in [0.3, 0.4) is 0 Å². The van der Waals surface area contributed by atoms with Crippen molar-refractivity contribution in [3.8, 4) is 50.3 Å². The average molecular weight is 1140 g/mol. The summed E-state index contributed by atoms with van der Waals surface area (Å²) in [6.45, 7) is 8.71. The van der Waals surface area contributed by atoms with Gasteiger partial charge in [-0.05, 0) is 160 Å². The highest BCUT2D eigenvalue weighted by molar-refractivity contribution is 6.12. The molecule has 0 aliphatic carbocycles. The van der Waals surface area contributed by atoms with E-state index >= 15 is 0 Å². The zero-order valence-electron chi connectivity index (χ0n) is 47.9. The van der Waals surface area contributed by atoms with Crippen molar-refractivity contribution in [2.45, 2.75) is 71.5 Å². The first-order chi connectivity index (χ1) is 41.5. The lowest BCUT2D eigenvalue weighted by Gasteiger charge is -2.20. The third kappa shape index (κ3) is 10.7. The predicted molar refractivity (Wildman–Crippen MR) is 332 cm³/mol. The fourth-order valence-electron chi connectivity index (χ4n) is 12.6. The number of aryl methyl sites for hydroxylation is 3. The van der Waals surface area contributed by atoms with E-state index in [1.807, 2.05) is 116 Å². The standard InChI is InChI=1S/C68H66N8O9/c1-37-11-5-12-38(2)57(37)59-46-21-25-50(69-46)63(61-42(73-65(77)40-29-33-82-35-40)14-7-16-44(61)75-67(79)55-19-9-31-84-55)52-27-23-48(71-52)60(58-39(3)13-6-18-54(58)81-4)49-24-28-53(72-49)64(51-26-22-47(59)70-51)62-43(74-66(78)41-30-34-83-36-41)15-8-17-45(62)76-68(80)56-20-10-32-85-56/h5-8,11-18,21-28,40-41,55-56,69,72H,9-10,19-20,29-36H2,1-4H3,(H,73,77)(H,74,78)(H,75,79)(H,76,80). The summed E-state index contributed by atoms with van der Waals surface area (Å²) in [4.78, 5) is 76.1. The Morgan fingerprint density at radius 1 is 0.435 bits per heavy atom. The fraction of sp³-hybridized carbons (Fsp3) is 0.294. The molecule has 6 N–H and O–H groups in total. The number of nitrogens with one attached hydrogen (secondary N) is 6. The molecule has 4 amide bonds. The largest absolute Gasteiger partial charge is 0.496 e. The number of amides is 4. The number of carbonyl (C=O) groups excluding carboxylic acids is 4. The van der Waals surface area contributed by atoms with Crippen molar-refractivity contribution in [2.24, 2.45) is 11.8 Å². The molecule has 4 saturated heterocycles. The number of anilines is 4. The van der Waals surface area contributed by atoms with Gasteiger partial charge in [0.05, 0.1) is 77.7 Å². The van der Waals surface area contributed by atoms with E-state index in [4.69, 9.17) is 33.7 Å². The van der Waals surface area contributed by atoms with E-state index in [0.29, 0.717) is 161 Å². The molecule has 4 unspecified atom stereocenters. The summed E-state index contributed by atoms with van der Waals surface area (Å²) in [5, 5.41) is 13.0. The number of aromatic amines is 2. The van der Waals surface area contributed by atoms with Gasteiger partial charge >= 0.3 is 0 Å². The normalized spacial score (nSPS) is 18.9. The molecule has 8 bridgehead atoms. The Morgan fingerprint density at radius 3 is 1.18 bits per heavy atom. The number of fused-ring (bicyclic) bond motifs is 8. The number of aromatic nitrogens is 4. The second kappa shape index (κ2) is 23.6. The molecule has 0 radical (unpaired) electrons. The van der Waals surface area contributed by atoms with Crippen LogP contribution in [0.4, 0.5) is 22.7 Å². The van der Waals surface area contributed by atoms with Crippen molar-refractivity contribution < 1.29 is 42.9 Å². The van der Waals surface area contributed by atoms with Crippen LogP contribution >= 0.6 is 0 Å². The van der Waals surface area contributed by atoms with Gasteiger partial charge in [0, 0.05) is 87.4 Å². The first kappa shape index (κ1) is 55.2. The highest BCUT2D eigenvalue weighted by Gasteiger charge is 2.32. The third-order valence-electron chi connectivity index (χ3n) is 16.9. The molecule has 13 rings (SSSR count). The quantitative estimate of drug-likeness (QED) is 0.0638. The van der Waals surface area contributed by atoms with Gasteiger partial charge in [-0.15, -0.1) is 0 Å². The van der Waals surface area contributed by atoms with Gasteiger partial charge < -0.3 is 54.9 Å². The number of methoxy groups -OCH3 is 1. The number of nitrogens with zero attached hydrogens (tertiary/aromatic N) is 2. The summed E-state index contributed by atoms with van der Waals surface area (Å²) < 4.78 is 29.4. The van der Waals surface area contributed by atoms with E-state index in [1.165, 1.54) is 0 Å². The summed E-state index contributed by atoms with van der Waals surface area (Å²) in [5.74, 6) is -1.13. The Morgan fingerprint density at radius 2 is 0.800 bits per heavy atom. The van der Waals surface area contributed by atoms with Crippen LogP contribution in [0.15, 0.2) is 97.1 Å². The van der Waals surface area contributed by atoms with Crippen LogP contribution < -0.4 is 26.0 Å². The van der Waals surface area contributed by atoms with Gasteiger partial charge in [0.2, 0.25) is 11.8 Å². The lowest BCUT2D eigenvalue weighted by molar-refractivity contribution is -0.125. The van der Waals surface area contributed by atoms with E-state index < -0.39 is 12.2 Å². The molecule has 4 fully saturated rings. The number of ether oxygens (including phenoxy) is 5. The van der Waals surface area contributed by atoms with Crippen molar-refractivity contribution in [3.63, 3.8) is 0 Å².